The first-order valence-electron chi connectivity index (χ1n) is 7.65. The lowest BCUT2D eigenvalue weighted by Gasteiger charge is -2.42. The fourth-order valence-electron chi connectivity index (χ4n) is 2.90. The molecule has 120 valence electrons. The normalized spacial score (nSPS) is 15.6. The van der Waals surface area contributed by atoms with Crippen LogP contribution in [0.3, 0.4) is 0 Å². The number of carbonyl (C=O) groups excluding carboxylic acids is 1. The Balaban J connectivity index is 1.65. The van der Waals surface area contributed by atoms with Gasteiger partial charge in [0.25, 0.3) is 0 Å². The molecule has 3 nitrogen and oxygen atoms in total. The Kier molecular flexibility index (Phi) is 4.79. The lowest BCUT2D eigenvalue weighted by atomic mass is 9.73. The molecule has 5 heteroatoms. The zero-order chi connectivity index (χ0) is 16.3. The van der Waals surface area contributed by atoms with Gasteiger partial charge in [-0.05, 0) is 55.5 Å². The van der Waals surface area contributed by atoms with Crippen molar-refractivity contribution in [1.82, 2.24) is 5.32 Å². The lowest BCUT2D eigenvalue weighted by Crippen LogP contribution is -2.56. The maximum Gasteiger partial charge on any atom is 0.319 e. The number of hydrogen-bond donors (Lipinski definition) is 2. The third-order valence-electron chi connectivity index (χ3n) is 4.27. The second kappa shape index (κ2) is 6.81. The van der Waals surface area contributed by atoms with Crippen LogP contribution in [0.15, 0.2) is 48.5 Å². The van der Waals surface area contributed by atoms with Gasteiger partial charge in [0, 0.05) is 10.6 Å². The van der Waals surface area contributed by atoms with Crippen LogP contribution in [-0.2, 0) is 6.42 Å². The van der Waals surface area contributed by atoms with E-state index in [9.17, 15) is 4.79 Å². The Hall–Kier alpha value is -1.71. The number of urea groups is 1. The van der Waals surface area contributed by atoms with Crippen molar-refractivity contribution in [1.29, 1.82) is 0 Å². The van der Waals surface area contributed by atoms with E-state index in [-0.39, 0.29) is 11.6 Å². The monoisotopic (exact) mass is 348 g/mol. The van der Waals surface area contributed by atoms with Crippen LogP contribution in [0, 0.1) is 0 Å². The summed E-state index contributed by atoms with van der Waals surface area (Å²) in [4.78, 5) is 12.3. The number of para-hydroxylation sites is 1. The van der Waals surface area contributed by atoms with E-state index < -0.39 is 0 Å². The number of rotatable bonds is 4. The van der Waals surface area contributed by atoms with Crippen LogP contribution >= 0.6 is 23.2 Å². The molecule has 2 aromatic rings. The van der Waals surface area contributed by atoms with Crippen molar-refractivity contribution in [2.75, 3.05) is 5.32 Å². The van der Waals surface area contributed by atoms with Gasteiger partial charge < -0.3 is 10.6 Å². The van der Waals surface area contributed by atoms with Gasteiger partial charge in [0.05, 0.1) is 10.7 Å². The van der Waals surface area contributed by atoms with Gasteiger partial charge in [0.15, 0.2) is 0 Å². The van der Waals surface area contributed by atoms with E-state index in [1.807, 2.05) is 36.4 Å². The summed E-state index contributed by atoms with van der Waals surface area (Å²) in [6.07, 6.45) is 3.89. The van der Waals surface area contributed by atoms with E-state index in [0.29, 0.717) is 10.7 Å². The van der Waals surface area contributed by atoms with Crippen molar-refractivity contribution in [2.24, 2.45) is 0 Å². The van der Waals surface area contributed by atoms with Crippen LogP contribution in [-0.4, -0.2) is 11.6 Å². The Bertz CT molecular complexity index is 696. The topological polar surface area (TPSA) is 41.1 Å². The van der Waals surface area contributed by atoms with Crippen LogP contribution in [0.5, 0.6) is 0 Å². The van der Waals surface area contributed by atoms with Crippen LogP contribution < -0.4 is 10.6 Å². The molecular weight excluding hydrogens is 331 g/mol. The third kappa shape index (κ3) is 3.98. The Labute approximate surface area is 146 Å². The van der Waals surface area contributed by atoms with Crippen molar-refractivity contribution in [3.63, 3.8) is 0 Å². The van der Waals surface area contributed by atoms with Gasteiger partial charge in [-0.25, -0.2) is 4.79 Å². The summed E-state index contributed by atoms with van der Waals surface area (Å²) in [6, 6.07) is 14.8. The fourth-order valence-corrected chi connectivity index (χ4v) is 3.21. The molecule has 0 saturated heterocycles. The molecule has 0 bridgehead atoms. The summed E-state index contributed by atoms with van der Waals surface area (Å²) in [7, 11) is 0. The number of amides is 2. The van der Waals surface area contributed by atoms with Gasteiger partial charge in [-0.1, -0.05) is 47.5 Å². The molecule has 0 aliphatic heterocycles. The highest BCUT2D eigenvalue weighted by Crippen LogP contribution is 2.35. The average molecular weight is 349 g/mol. The minimum atomic E-state index is -0.216. The molecule has 1 saturated carbocycles. The highest BCUT2D eigenvalue weighted by molar-refractivity contribution is 6.33. The van der Waals surface area contributed by atoms with Gasteiger partial charge in [-0.3, -0.25) is 0 Å². The first kappa shape index (κ1) is 16.2. The minimum Gasteiger partial charge on any atom is -0.332 e. The van der Waals surface area contributed by atoms with Crippen LogP contribution in [0.25, 0.3) is 0 Å². The quantitative estimate of drug-likeness (QED) is 0.775. The molecule has 2 aromatic carbocycles. The Morgan fingerprint density at radius 3 is 2.35 bits per heavy atom. The number of halogens is 2. The van der Waals surface area contributed by atoms with Gasteiger partial charge in [0.2, 0.25) is 0 Å². The van der Waals surface area contributed by atoms with Crippen molar-refractivity contribution < 1.29 is 4.79 Å². The molecule has 0 aromatic heterocycles. The number of carbonyl (C=O) groups is 1. The second-order valence-electron chi connectivity index (χ2n) is 6.00. The summed E-state index contributed by atoms with van der Waals surface area (Å²) in [6.45, 7) is 0. The van der Waals surface area contributed by atoms with Crippen LogP contribution in [0.1, 0.15) is 24.8 Å². The SMILES string of the molecule is O=C(Nc1ccccc1Cl)NC1(Cc2ccc(Cl)cc2)CCC1. The van der Waals surface area contributed by atoms with Gasteiger partial charge >= 0.3 is 6.03 Å². The minimum absolute atomic E-state index is 0.181. The number of anilines is 1. The Morgan fingerprint density at radius 1 is 1.04 bits per heavy atom. The predicted molar refractivity (Wildman–Crippen MR) is 95.3 cm³/mol. The molecular formula is C18H18Cl2N2O. The standard InChI is InChI=1S/C18H18Cl2N2O/c19-14-8-6-13(7-9-14)12-18(10-3-11-18)22-17(23)21-16-5-2-1-4-15(16)20/h1-2,4-9H,3,10-12H2,(H2,21,22,23). The van der Waals surface area contributed by atoms with Crippen molar-refractivity contribution in [3.05, 3.63) is 64.1 Å². The highest BCUT2D eigenvalue weighted by atomic mass is 35.5. The summed E-state index contributed by atoms with van der Waals surface area (Å²) in [5.74, 6) is 0. The first-order valence-corrected chi connectivity index (χ1v) is 8.40. The second-order valence-corrected chi connectivity index (χ2v) is 6.84. The molecule has 1 aliphatic rings. The molecule has 2 amide bonds. The van der Waals surface area contributed by atoms with Gasteiger partial charge in [-0.15, -0.1) is 0 Å². The molecule has 0 heterocycles. The number of benzene rings is 2. The maximum absolute atomic E-state index is 12.3. The van der Waals surface area contributed by atoms with E-state index >= 15 is 0 Å². The van der Waals surface area contributed by atoms with Gasteiger partial charge in [0.1, 0.15) is 0 Å². The smallest absolute Gasteiger partial charge is 0.319 e. The molecule has 2 N–H and O–H groups in total. The van der Waals surface area contributed by atoms with Crippen LogP contribution in [0.2, 0.25) is 10.0 Å². The number of nitrogens with one attached hydrogen (secondary N) is 2. The van der Waals surface area contributed by atoms with E-state index in [4.69, 9.17) is 23.2 Å². The van der Waals surface area contributed by atoms with E-state index in [2.05, 4.69) is 10.6 Å². The summed E-state index contributed by atoms with van der Waals surface area (Å²) >= 11 is 12.0. The fraction of sp³-hybridized carbons (Fsp3) is 0.278. The third-order valence-corrected chi connectivity index (χ3v) is 4.85. The molecule has 0 spiro atoms. The summed E-state index contributed by atoms with van der Waals surface area (Å²) < 4.78 is 0. The van der Waals surface area contributed by atoms with Crippen molar-refractivity contribution >= 4 is 34.9 Å². The van der Waals surface area contributed by atoms with Crippen molar-refractivity contribution in [3.8, 4) is 0 Å². The highest BCUT2D eigenvalue weighted by Gasteiger charge is 2.38. The van der Waals surface area contributed by atoms with E-state index in [0.717, 1.165) is 30.7 Å². The summed E-state index contributed by atoms with van der Waals surface area (Å²) in [5, 5.41) is 7.21. The molecule has 0 radical (unpaired) electrons. The molecule has 0 unspecified atom stereocenters. The largest absolute Gasteiger partial charge is 0.332 e. The maximum atomic E-state index is 12.3. The van der Waals surface area contributed by atoms with E-state index in [1.165, 1.54) is 5.56 Å². The predicted octanol–water partition coefficient (Wildman–Crippen LogP) is 5.28. The zero-order valence-corrected chi connectivity index (χ0v) is 14.1. The van der Waals surface area contributed by atoms with E-state index in [1.54, 1.807) is 12.1 Å². The average Bonchev–Trinajstić information content (AvgIpc) is 2.49. The molecule has 3 rings (SSSR count). The molecule has 23 heavy (non-hydrogen) atoms. The lowest BCUT2D eigenvalue weighted by molar-refractivity contribution is 0.183. The van der Waals surface area contributed by atoms with Crippen LogP contribution in [0.4, 0.5) is 10.5 Å². The Morgan fingerprint density at radius 2 is 1.74 bits per heavy atom. The molecule has 0 atom stereocenters. The first-order chi connectivity index (χ1) is 11.1. The number of hydrogen-bond acceptors (Lipinski definition) is 1. The zero-order valence-electron chi connectivity index (χ0n) is 12.6. The molecule has 1 aliphatic carbocycles. The molecule has 1 fully saturated rings. The summed E-state index contributed by atoms with van der Waals surface area (Å²) in [5.41, 5.74) is 1.61. The van der Waals surface area contributed by atoms with Crippen molar-refractivity contribution in [2.45, 2.75) is 31.2 Å². The van der Waals surface area contributed by atoms with Gasteiger partial charge in [-0.2, -0.15) is 0 Å².